The Hall–Kier alpha value is -3.27. The molecule has 0 spiro atoms. The third kappa shape index (κ3) is 2.43. The van der Waals surface area contributed by atoms with Crippen LogP contribution in [-0.2, 0) is 13.6 Å². The predicted molar refractivity (Wildman–Crippen MR) is 91.8 cm³/mol. The normalized spacial score (nSPS) is 11.6. The molecular weight excluding hydrogens is 338 g/mol. The molecule has 122 valence electrons. The van der Waals surface area contributed by atoms with Gasteiger partial charge in [-0.3, -0.25) is 4.68 Å². The van der Waals surface area contributed by atoms with Gasteiger partial charge in [-0.25, -0.2) is 24.6 Å². The van der Waals surface area contributed by atoms with E-state index in [-0.39, 0.29) is 0 Å². The lowest BCUT2D eigenvalue weighted by molar-refractivity contribution is 0.654. The van der Waals surface area contributed by atoms with E-state index in [4.69, 9.17) is 0 Å². The molecule has 0 saturated carbocycles. The first-order chi connectivity index (χ1) is 12.3. The molecular formula is C15H11N9S. The smallest absolute Gasteiger partial charge is 0.221 e. The van der Waals surface area contributed by atoms with E-state index < -0.39 is 0 Å². The molecule has 5 aromatic rings. The summed E-state index contributed by atoms with van der Waals surface area (Å²) in [6.07, 6.45) is 5.33. The number of nitrogens with zero attached hydrogens (tertiary/aromatic N) is 9. The number of aromatic nitrogens is 9. The lowest BCUT2D eigenvalue weighted by Gasteiger charge is -2.02. The van der Waals surface area contributed by atoms with Crippen LogP contribution in [0.15, 0.2) is 36.2 Å². The summed E-state index contributed by atoms with van der Waals surface area (Å²) in [4.78, 5) is 18.8. The van der Waals surface area contributed by atoms with Crippen LogP contribution in [0.1, 0.15) is 5.69 Å². The summed E-state index contributed by atoms with van der Waals surface area (Å²) in [5.74, 6) is 0. The number of hydrogen-bond acceptors (Lipinski definition) is 8. The van der Waals surface area contributed by atoms with Crippen molar-refractivity contribution in [3.8, 4) is 11.3 Å². The summed E-state index contributed by atoms with van der Waals surface area (Å²) in [5.41, 5.74) is 6.31. The highest BCUT2D eigenvalue weighted by atomic mass is 32.1. The van der Waals surface area contributed by atoms with Gasteiger partial charge in [0.25, 0.3) is 0 Å². The molecule has 9 nitrogen and oxygen atoms in total. The number of aryl methyl sites for hydroxylation is 1. The van der Waals surface area contributed by atoms with Gasteiger partial charge in [-0.05, 0) is 12.1 Å². The van der Waals surface area contributed by atoms with E-state index in [0.717, 1.165) is 27.3 Å². The summed E-state index contributed by atoms with van der Waals surface area (Å²) in [5, 5.41) is 12.4. The average molecular weight is 349 g/mol. The Labute approximate surface area is 145 Å². The standard InChI is InChI=1S/C15H11N9S/c1-23-6-9(4-18-23)12-5-16-13-14(20-12)24(22-21-13)7-10-2-3-11-15(19-10)25-8-17-11/h2-6,8H,7H2,1H3. The molecule has 0 fully saturated rings. The molecule has 0 radical (unpaired) electrons. The molecule has 0 bridgehead atoms. The Bertz CT molecular complexity index is 1200. The first-order valence-corrected chi connectivity index (χ1v) is 8.38. The summed E-state index contributed by atoms with van der Waals surface area (Å²) in [7, 11) is 1.86. The zero-order valence-electron chi connectivity index (χ0n) is 13.1. The van der Waals surface area contributed by atoms with Gasteiger partial charge in [-0.15, -0.1) is 16.4 Å². The van der Waals surface area contributed by atoms with Crippen molar-refractivity contribution >= 4 is 33.0 Å². The van der Waals surface area contributed by atoms with Gasteiger partial charge < -0.3 is 0 Å². The minimum Gasteiger partial charge on any atom is -0.275 e. The van der Waals surface area contributed by atoms with Crippen molar-refractivity contribution in [3.63, 3.8) is 0 Å². The van der Waals surface area contributed by atoms with Gasteiger partial charge in [0.1, 0.15) is 4.83 Å². The Balaban J connectivity index is 1.56. The third-order valence-electron chi connectivity index (χ3n) is 3.79. The second-order valence-electron chi connectivity index (χ2n) is 5.53. The molecule has 25 heavy (non-hydrogen) atoms. The second kappa shape index (κ2) is 5.38. The zero-order valence-corrected chi connectivity index (χ0v) is 13.9. The SMILES string of the molecule is Cn1cc(-c2cnc3nnn(Cc4ccc5ncsc5n4)c3n2)cn1. The summed E-state index contributed by atoms with van der Waals surface area (Å²) in [6.45, 7) is 0.468. The summed E-state index contributed by atoms with van der Waals surface area (Å²) >= 11 is 1.52. The molecule has 10 heteroatoms. The fraction of sp³-hybridized carbons (Fsp3) is 0.133. The maximum absolute atomic E-state index is 4.65. The molecule has 5 rings (SSSR count). The molecule has 0 amide bonds. The van der Waals surface area contributed by atoms with Crippen molar-refractivity contribution in [2.45, 2.75) is 6.54 Å². The maximum atomic E-state index is 4.65. The molecule has 0 aromatic carbocycles. The maximum Gasteiger partial charge on any atom is 0.221 e. The number of hydrogen-bond donors (Lipinski definition) is 0. The minimum absolute atomic E-state index is 0.468. The van der Waals surface area contributed by atoms with Gasteiger partial charge in [0.05, 0.1) is 41.4 Å². The van der Waals surface area contributed by atoms with Crippen LogP contribution in [0.2, 0.25) is 0 Å². The van der Waals surface area contributed by atoms with Crippen LogP contribution >= 0.6 is 11.3 Å². The number of fused-ring (bicyclic) bond motifs is 2. The predicted octanol–water partition coefficient (Wildman–Crippen LogP) is 1.67. The van der Waals surface area contributed by atoms with Crippen molar-refractivity contribution in [2.75, 3.05) is 0 Å². The molecule has 0 aliphatic heterocycles. The molecule has 0 atom stereocenters. The van der Waals surface area contributed by atoms with Crippen molar-refractivity contribution < 1.29 is 0 Å². The van der Waals surface area contributed by atoms with Crippen molar-refractivity contribution in [3.05, 3.63) is 41.9 Å². The first kappa shape index (κ1) is 14.1. The third-order valence-corrected chi connectivity index (χ3v) is 4.53. The second-order valence-corrected chi connectivity index (χ2v) is 6.36. The van der Waals surface area contributed by atoms with Gasteiger partial charge in [0, 0.05) is 18.8 Å². The van der Waals surface area contributed by atoms with Gasteiger partial charge in [0.2, 0.25) is 5.65 Å². The van der Waals surface area contributed by atoms with Gasteiger partial charge in [-0.2, -0.15) is 5.10 Å². The quantitative estimate of drug-likeness (QED) is 0.488. The molecule has 0 unspecified atom stereocenters. The monoisotopic (exact) mass is 349 g/mol. The van der Waals surface area contributed by atoms with Gasteiger partial charge in [0.15, 0.2) is 5.65 Å². The van der Waals surface area contributed by atoms with E-state index in [1.54, 1.807) is 27.3 Å². The van der Waals surface area contributed by atoms with E-state index in [0.29, 0.717) is 17.8 Å². The van der Waals surface area contributed by atoms with E-state index in [9.17, 15) is 0 Å². The Morgan fingerprint density at radius 3 is 2.96 bits per heavy atom. The summed E-state index contributed by atoms with van der Waals surface area (Å²) < 4.78 is 3.43. The zero-order chi connectivity index (χ0) is 16.8. The Kier molecular flexibility index (Phi) is 3.04. The van der Waals surface area contributed by atoms with Crippen LogP contribution in [0.4, 0.5) is 0 Å². The minimum atomic E-state index is 0.468. The molecule has 5 heterocycles. The fourth-order valence-corrected chi connectivity index (χ4v) is 3.26. The van der Waals surface area contributed by atoms with E-state index in [2.05, 4.69) is 35.3 Å². The Morgan fingerprint density at radius 2 is 2.08 bits per heavy atom. The van der Waals surface area contributed by atoms with Gasteiger partial charge >= 0.3 is 0 Å². The van der Waals surface area contributed by atoms with Gasteiger partial charge in [-0.1, -0.05) is 5.21 Å². The lowest BCUT2D eigenvalue weighted by Crippen LogP contribution is -2.05. The van der Waals surface area contributed by atoms with Crippen LogP contribution in [0, 0.1) is 0 Å². The number of rotatable bonds is 3. The largest absolute Gasteiger partial charge is 0.275 e. The van der Waals surface area contributed by atoms with Crippen LogP contribution < -0.4 is 0 Å². The Morgan fingerprint density at radius 1 is 1.12 bits per heavy atom. The first-order valence-electron chi connectivity index (χ1n) is 7.51. The number of pyridine rings is 1. The fourth-order valence-electron chi connectivity index (χ4n) is 2.59. The van der Waals surface area contributed by atoms with Crippen LogP contribution in [0.5, 0.6) is 0 Å². The topological polar surface area (TPSA) is 100 Å². The van der Waals surface area contributed by atoms with Crippen molar-refractivity contribution in [1.29, 1.82) is 0 Å². The average Bonchev–Trinajstić information content (AvgIpc) is 3.34. The molecule has 5 aromatic heterocycles. The van der Waals surface area contributed by atoms with E-state index in [1.165, 1.54) is 11.3 Å². The highest BCUT2D eigenvalue weighted by Gasteiger charge is 2.12. The highest BCUT2D eigenvalue weighted by molar-refractivity contribution is 7.16. The lowest BCUT2D eigenvalue weighted by atomic mass is 10.3. The van der Waals surface area contributed by atoms with Crippen LogP contribution in [-0.4, -0.2) is 44.7 Å². The van der Waals surface area contributed by atoms with Crippen LogP contribution in [0.3, 0.4) is 0 Å². The molecule has 0 aliphatic rings. The summed E-state index contributed by atoms with van der Waals surface area (Å²) in [6, 6.07) is 3.90. The molecule has 0 saturated heterocycles. The van der Waals surface area contributed by atoms with Crippen molar-refractivity contribution in [2.24, 2.45) is 7.05 Å². The van der Waals surface area contributed by atoms with Crippen LogP contribution in [0.25, 0.3) is 32.9 Å². The number of thiazole rings is 1. The van der Waals surface area contributed by atoms with E-state index >= 15 is 0 Å². The molecule has 0 N–H and O–H groups in total. The van der Waals surface area contributed by atoms with Crippen molar-refractivity contribution in [1.82, 2.24) is 44.7 Å². The van der Waals surface area contributed by atoms with E-state index in [1.807, 2.05) is 25.4 Å². The highest BCUT2D eigenvalue weighted by Crippen LogP contribution is 2.19. The molecule has 0 aliphatic carbocycles.